The summed E-state index contributed by atoms with van der Waals surface area (Å²) in [6, 6.07) is 8.58. The molecule has 0 spiro atoms. The van der Waals surface area contributed by atoms with Gasteiger partial charge in [0.1, 0.15) is 29.4 Å². The van der Waals surface area contributed by atoms with Crippen LogP contribution in [0.1, 0.15) is 28.8 Å². The van der Waals surface area contributed by atoms with Gasteiger partial charge in [0.05, 0.1) is 5.56 Å². The maximum atomic E-state index is 13.7. The first-order valence-electron chi connectivity index (χ1n) is 7.84. The second kappa shape index (κ2) is 7.26. The van der Waals surface area contributed by atoms with Crippen LogP contribution in [0.3, 0.4) is 0 Å². The average molecular weight is 343 g/mol. The molecule has 1 saturated heterocycles. The highest BCUT2D eigenvalue weighted by Gasteiger charge is 2.28. The Kier molecular flexibility index (Phi) is 4.89. The number of aromatic nitrogens is 1. The Hall–Kier alpha value is -3.01. The van der Waals surface area contributed by atoms with E-state index in [-0.39, 0.29) is 6.10 Å². The van der Waals surface area contributed by atoms with E-state index >= 15 is 0 Å². The predicted molar refractivity (Wildman–Crippen MR) is 84.9 cm³/mol. The fraction of sp³-hybridized carbons (Fsp3) is 0.278. The van der Waals surface area contributed by atoms with Gasteiger partial charge in [-0.2, -0.15) is 5.26 Å². The summed E-state index contributed by atoms with van der Waals surface area (Å²) in [6.45, 7) is 0.682. The van der Waals surface area contributed by atoms with Gasteiger partial charge < -0.3 is 9.64 Å². The van der Waals surface area contributed by atoms with Gasteiger partial charge >= 0.3 is 0 Å². The van der Waals surface area contributed by atoms with Crippen LogP contribution in [0.5, 0.6) is 5.88 Å². The van der Waals surface area contributed by atoms with Crippen molar-refractivity contribution in [1.29, 1.82) is 5.26 Å². The normalized spacial score (nSPS) is 14.8. The van der Waals surface area contributed by atoms with Crippen LogP contribution in [0.4, 0.5) is 8.78 Å². The quantitative estimate of drug-likeness (QED) is 0.859. The third-order valence-electron chi connectivity index (χ3n) is 4.06. The number of nitriles is 1. The summed E-state index contributed by atoms with van der Waals surface area (Å²) < 4.78 is 33.2. The molecular weight excluding hydrogens is 328 g/mol. The zero-order valence-electron chi connectivity index (χ0n) is 13.3. The van der Waals surface area contributed by atoms with Gasteiger partial charge in [-0.15, -0.1) is 0 Å². The zero-order chi connectivity index (χ0) is 17.8. The van der Waals surface area contributed by atoms with E-state index in [0.29, 0.717) is 37.4 Å². The smallest absolute Gasteiger partial charge is 0.259 e. The molecule has 0 saturated carbocycles. The van der Waals surface area contributed by atoms with Crippen LogP contribution in [0.25, 0.3) is 0 Å². The largest absolute Gasteiger partial charge is 0.474 e. The lowest BCUT2D eigenvalue weighted by atomic mass is 10.1. The second-order valence-electron chi connectivity index (χ2n) is 5.70. The number of rotatable bonds is 3. The summed E-state index contributed by atoms with van der Waals surface area (Å²) in [6.07, 6.45) is 2.34. The molecule has 0 radical (unpaired) electrons. The molecule has 7 heteroatoms. The zero-order valence-corrected chi connectivity index (χ0v) is 13.3. The first-order valence-corrected chi connectivity index (χ1v) is 7.84. The lowest BCUT2D eigenvalue weighted by Crippen LogP contribution is -2.42. The van der Waals surface area contributed by atoms with Gasteiger partial charge in [0, 0.05) is 38.2 Å². The minimum absolute atomic E-state index is 0.144. The van der Waals surface area contributed by atoms with E-state index in [2.05, 4.69) is 4.98 Å². The van der Waals surface area contributed by atoms with E-state index in [1.165, 1.54) is 17.2 Å². The molecule has 2 heterocycles. The van der Waals surface area contributed by atoms with Crippen LogP contribution in [-0.2, 0) is 0 Å². The highest BCUT2D eigenvalue weighted by atomic mass is 19.1. The van der Waals surface area contributed by atoms with E-state index in [1.807, 2.05) is 6.07 Å². The first kappa shape index (κ1) is 16.8. The minimum atomic E-state index is -0.856. The standard InChI is InChI=1S/C18H15F2N3O2/c19-14-2-1-3-15(20)17(14)18(24)23-8-6-13(7-9-23)25-16-5-4-12(10-21)11-22-16/h1-5,11,13H,6-9H2. The van der Waals surface area contributed by atoms with E-state index < -0.39 is 23.1 Å². The molecule has 128 valence electrons. The Morgan fingerprint density at radius 1 is 1.20 bits per heavy atom. The van der Waals surface area contributed by atoms with Gasteiger partial charge in [0.15, 0.2) is 0 Å². The molecule has 5 nitrogen and oxygen atoms in total. The molecule has 25 heavy (non-hydrogen) atoms. The fourth-order valence-corrected chi connectivity index (χ4v) is 2.72. The van der Waals surface area contributed by atoms with Crippen molar-refractivity contribution in [3.63, 3.8) is 0 Å². The molecule has 0 atom stereocenters. The average Bonchev–Trinajstić information content (AvgIpc) is 2.63. The number of hydrogen-bond donors (Lipinski definition) is 0. The Bertz CT molecular complexity index is 790. The predicted octanol–water partition coefficient (Wildman–Crippen LogP) is 2.92. The number of ether oxygens (including phenoxy) is 1. The second-order valence-corrected chi connectivity index (χ2v) is 5.70. The summed E-state index contributed by atoms with van der Waals surface area (Å²) in [7, 11) is 0. The van der Waals surface area contributed by atoms with Crippen molar-refractivity contribution in [3.8, 4) is 11.9 Å². The number of carbonyl (C=O) groups excluding carboxylic acids is 1. The van der Waals surface area contributed by atoms with Gasteiger partial charge in [-0.25, -0.2) is 13.8 Å². The van der Waals surface area contributed by atoms with Crippen LogP contribution < -0.4 is 4.74 Å². The summed E-state index contributed by atoms with van der Waals surface area (Å²) in [5, 5.41) is 8.74. The summed E-state index contributed by atoms with van der Waals surface area (Å²) in [4.78, 5) is 17.8. The molecule has 1 aliphatic heterocycles. The number of benzene rings is 1. The lowest BCUT2D eigenvalue weighted by Gasteiger charge is -2.32. The number of halogens is 2. The van der Waals surface area contributed by atoms with E-state index in [0.717, 1.165) is 12.1 Å². The lowest BCUT2D eigenvalue weighted by molar-refractivity contribution is 0.0579. The number of likely N-dealkylation sites (tertiary alicyclic amines) is 1. The van der Waals surface area contributed by atoms with Gasteiger partial charge in [-0.05, 0) is 18.2 Å². The summed E-state index contributed by atoms with van der Waals surface area (Å²) >= 11 is 0. The maximum absolute atomic E-state index is 13.7. The van der Waals surface area contributed by atoms with Crippen LogP contribution in [0.15, 0.2) is 36.5 Å². The minimum Gasteiger partial charge on any atom is -0.474 e. The van der Waals surface area contributed by atoms with E-state index in [1.54, 1.807) is 12.1 Å². The highest BCUT2D eigenvalue weighted by molar-refractivity contribution is 5.94. The van der Waals surface area contributed by atoms with Crippen molar-refractivity contribution < 1.29 is 18.3 Å². The number of nitrogens with zero attached hydrogens (tertiary/aromatic N) is 3. The molecule has 3 rings (SSSR count). The Labute approximate surface area is 143 Å². The molecule has 1 aromatic heterocycles. The van der Waals surface area contributed by atoms with E-state index in [9.17, 15) is 13.6 Å². The topological polar surface area (TPSA) is 66.2 Å². The van der Waals surface area contributed by atoms with E-state index in [4.69, 9.17) is 10.00 Å². The van der Waals surface area contributed by atoms with Crippen LogP contribution >= 0.6 is 0 Å². The fourth-order valence-electron chi connectivity index (χ4n) is 2.72. The Morgan fingerprint density at radius 2 is 1.88 bits per heavy atom. The Morgan fingerprint density at radius 3 is 2.44 bits per heavy atom. The van der Waals surface area contributed by atoms with Crippen LogP contribution in [0.2, 0.25) is 0 Å². The molecule has 0 unspecified atom stereocenters. The van der Waals surface area contributed by atoms with Crippen molar-refractivity contribution in [3.05, 3.63) is 59.3 Å². The van der Waals surface area contributed by atoms with Gasteiger partial charge in [-0.1, -0.05) is 6.07 Å². The van der Waals surface area contributed by atoms with Crippen molar-refractivity contribution in [2.24, 2.45) is 0 Å². The number of pyridine rings is 1. The number of hydrogen-bond acceptors (Lipinski definition) is 4. The molecule has 2 aromatic rings. The van der Waals surface area contributed by atoms with Gasteiger partial charge in [-0.3, -0.25) is 4.79 Å². The van der Waals surface area contributed by atoms with Crippen molar-refractivity contribution in [2.45, 2.75) is 18.9 Å². The van der Waals surface area contributed by atoms with Gasteiger partial charge in [0.25, 0.3) is 5.91 Å². The summed E-state index contributed by atoms with van der Waals surface area (Å²) in [5.41, 5.74) is -0.0738. The van der Waals surface area contributed by atoms with Crippen molar-refractivity contribution in [1.82, 2.24) is 9.88 Å². The SMILES string of the molecule is N#Cc1ccc(OC2CCN(C(=O)c3c(F)cccc3F)CC2)nc1. The first-order chi connectivity index (χ1) is 12.1. The van der Waals surface area contributed by atoms with Crippen LogP contribution in [0, 0.1) is 23.0 Å². The molecule has 1 aliphatic rings. The third-order valence-corrected chi connectivity index (χ3v) is 4.06. The number of amides is 1. The molecule has 1 amide bonds. The molecule has 0 bridgehead atoms. The van der Waals surface area contributed by atoms with Crippen molar-refractivity contribution >= 4 is 5.91 Å². The van der Waals surface area contributed by atoms with Gasteiger partial charge in [0.2, 0.25) is 5.88 Å². The number of carbonyl (C=O) groups is 1. The third kappa shape index (κ3) is 3.74. The molecule has 0 aliphatic carbocycles. The summed E-state index contributed by atoms with van der Waals surface area (Å²) in [5.74, 6) is -1.95. The van der Waals surface area contributed by atoms with Crippen molar-refractivity contribution in [2.75, 3.05) is 13.1 Å². The number of piperidine rings is 1. The Balaban J connectivity index is 1.60. The maximum Gasteiger partial charge on any atom is 0.259 e. The van der Waals surface area contributed by atoms with Crippen LogP contribution in [-0.4, -0.2) is 35.0 Å². The highest BCUT2D eigenvalue weighted by Crippen LogP contribution is 2.21. The molecule has 1 aromatic carbocycles. The molecule has 1 fully saturated rings. The molecular formula is C18H15F2N3O2. The monoisotopic (exact) mass is 343 g/mol. The molecule has 0 N–H and O–H groups in total.